The fourth-order valence-corrected chi connectivity index (χ4v) is 3.27. The maximum absolute atomic E-state index is 6.14. The highest BCUT2D eigenvalue weighted by atomic mass is 16.5. The zero-order chi connectivity index (χ0) is 20.5. The van der Waals surface area contributed by atoms with Gasteiger partial charge in [0.25, 0.3) is 0 Å². The quantitative estimate of drug-likeness (QED) is 0.419. The molecule has 1 unspecified atom stereocenters. The second kappa shape index (κ2) is 10.6. The van der Waals surface area contributed by atoms with Crippen molar-refractivity contribution < 1.29 is 9.47 Å². The standard InChI is InChI=1S/C26H31NO2/c1-20-9-7-10-21(2)26(20)29-22(3)19-27-24-14-16-25(17-15-24)28-18-8-13-23-11-5-4-6-12-23/h4-7,9-12,14-17,22,27H,8,13,18-19H2,1-3H3. The zero-order valence-electron chi connectivity index (χ0n) is 17.7. The fraction of sp³-hybridized carbons (Fsp3) is 0.308. The van der Waals surface area contributed by atoms with Crippen molar-refractivity contribution in [3.05, 3.63) is 89.5 Å². The molecule has 1 atom stereocenters. The molecule has 29 heavy (non-hydrogen) atoms. The van der Waals surface area contributed by atoms with Crippen LogP contribution in [0.3, 0.4) is 0 Å². The van der Waals surface area contributed by atoms with E-state index in [1.54, 1.807) is 0 Å². The largest absolute Gasteiger partial charge is 0.494 e. The number of aryl methyl sites for hydroxylation is 3. The van der Waals surface area contributed by atoms with Gasteiger partial charge in [-0.1, -0.05) is 48.5 Å². The summed E-state index contributed by atoms with van der Waals surface area (Å²) >= 11 is 0. The number of rotatable bonds is 10. The lowest BCUT2D eigenvalue weighted by Crippen LogP contribution is -2.23. The Labute approximate surface area is 174 Å². The summed E-state index contributed by atoms with van der Waals surface area (Å²) < 4.78 is 12.0. The van der Waals surface area contributed by atoms with Gasteiger partial charge in [-0.25, -0.2) is 0 Å². The van der Waals surface area contributed by atoms with Crippen LogP contribution in [0.2, 0.25) is 0 Å². The average molecular weight is 390 g/mol. The highest BCUT2D eigenvalue weighted by Gasteiger charge is 2.09. The first kappa shape index (κ1) is 20.8. The number of benzene rings is 3. The molecule has 0 radical (unpaired) electrons. The van der Waals surface area contributed by atoms with Crippen LogP contribution in [0.15, 0.2) is 72.8 Å². The zero-order valence-corrected chi connectivity index (χ0v) is 17.7. The van der Waals surface area contributed by atoms with E-state index in [0.717, 1.165) is 43.2 Å². The summed E-state index contributed by atoms with van der Waals surface area (Å²) in [7, 11) is 0. The lowest BCUT2D eigenvalue weighted by atomic mass is 10.1. The molecular weight excluding hydrogens is 358 g/mol. The molecule has 0 aromatic heterocycles. The van der Waals surface area contributed by atoms with Crippen molar-refractivity contribution in [1.82, 2.24) is 0 Å². The van der Waals surface area contributed by atoms with E-state index in [1.165, 1.54) is 16.7 Å². The Kier molecular flexibility index (Phi) is 7.57. The third-order valence-electron chi connectivity index (χ3n) is 4.90. The molecule has 0 amide bonds. The van der Waals surface area contributed by atoms with Gasteiger partial charge in [0.1, 0.15) is 17.6 Å². The molecule has 152 valence electrons. The van der Waals surface area contributed by atoms with Crippen LogP contribution in [-0.2, 0) is 6.42 Å². The number of hydrogen-bond donors (Lipinski definition) is 1. The Hall–Kier alpha value is -2.94. The molecule has 0 aliphatic heterocycles. The summed E-state index contributed by atoms with van der Waals surface area (Å²) in [6, 6.07) is 24.9. The first-order valence-electron chi connectivity index (χ1n) is 10.4. The Bertz CT molecular complexity index is 855. The first-order valence-corrected chi connectivity index (χ1v) is 10.4. The number of anilines is 1. The Morgan fingerprint density at radius 3 is 2.21 bits per heavy atom. The van der Waals surface area contributed by atoms with E-state index in [-0.39, 0.29) is 6.10 Å². The van der Waals surface area contributed by atoms with Crippen molar-refractivity contribution in [2.24, 2.45) is 0 Å². The van der Waals surface area contributed by atoms with Crippen molar-refractivity contribution in [2.75, 3.05) is 18.5 Å². The van der Waals surface area contributed by atoms with Gasteiger partial charge in [-0.15, -0.1) is 0 Å². The molecule has 0 aliphatic rings. The molecule has 3 nitrogen and oxygen atoms in total. The molecule has 0 aliphatic carbocycles. The molecule has 0 spiro atoms. The summed E-state index contributed by atoms with van der Waals surface area (Å²) in [4.78, 5) is 0. The smallest absolute Gasteiger partial charge is 0.125 e. The summed E-state index contributed by atoms with van der Waals surface area (Å²) in [5, 5.41) is 3.44. The maximum atomic E-state index is 6.14. The molecule has 0 bridgehead atoms. The minimum absolute atomic E-state index is 0.0729. The Balaban J connectivity index is 1.39. The van der Waals surface area contributed by atoms with Crippen LogP contribution in [-0.4, -0.2) is 19.3 Å². The highest BCUT2D eigenvalue weighted by molar-refractivity contribution is 5.46. The monoisotopic (exact) mass is 389 g/mol. The molecule has 0 fully saturated rings. The minimum Gasteiger partial charge on any atom is -0.494 e. The van der Waals surface area contributed by atoms with Crippen LogP contribution in [0.4, 0.5) is 5.69 Å². The van der Waals surface area contributed by atoms with E-state index in [0.29, 0.717) is 0 Å². The maximum Gasteiger partial charge on any atom is 0.125 e. The van der Waals surface area contributed by atoms with Crippen molar-refractivity contribution in [2.45, 2.75) is 39.7 Å². The van der Waals surface area contributed by atoms with Gasteiger partial charge in [-0.05, 0) is 74.6 Å². The minimum atomic E-state index is 0.0729. The molecule has 1 N–H and O–H groups in total. The van der Waals surface area contributed by atoms with Crippen LogP contribution < -0.4 is 14.8 Å². The normalized spacial score (nSPS) is 11.7. The van der Waals surface area contributed by atoms with Crippen molar-refractivity contribution in [3.8, 4) is 11.5 Å². The third kappa shape index (κ3) is 6.56. The van der Waals surface area contributed by atoms with Crippen molar-refractivity contribution >= 4 is 5.69 Å². The van der Waals surface area contributed by atoms with Crippen LogP contribution in [0, 0.1) is 13.8 Å². The van der Waals surface area contributed by atoms with Gasteiger partial charge in [0.15, 0.2) is 0 Å². The van der Waals surface area contributed by atoms with E-state index in [2.05, 4.69) is 80.7 Å². The van der Waals surface area contributed by atoms with Crippen LogP contribution >= 0.6 is 0 Å². The van der Waals surface area contributed by atoms with E-state index in [9.17, 15) is 0 Å². The summed E-state index contributed by atoms with van der Waals surface area (Å²) in [6.45, 7) is 7.72. The Morgan fingerprint density at radius 1 is 0.828 bits per heavy atom. The van der Waals surface area contributed by atoms with Crippen LogP contribution in [0.1, 0.15) is 30.0 Å². The third-order valence-corrected chi connectivity index (χ3v) is 4.90. The number of nitrogens with one attached hydrogen (secondary N) is 1. The molecule has 0 saturated carbocycles. The van der Waals surface area contributed by atoms with Gasteiger partial charge in [0.05, 0.1) is 13.2 Å². The van der Waals surface area contributed by atoms with Gasteiger partial charge < -0.3 is 14.8 Å². The molecule has 0 heterocycles. The van der Waals surface area contributed by atoms with Gasteiger partial charge in [0.2, 0.25) is 0 Å². The number of hydrogen-bond acceptors (Lipinski definition) is 3. The van der Waals surface area contributed by atoms with E-state index in [1.807, 2.05) is 18.2 Å². The first-order chi connectivity index (χ1) is 14.1. The van der Waals surface area contributed by atoms with E-state index >= 15 is 0 Å². The average Bonchev–Trinajstić information content (AvgIpc) is 2.74. The summed E-state index contributed by atoms with van der Waals surface area (Å²) in [5.41, 5.74) is 4.77. The molecule has 3 heteroatoms. The van der Waals surface area contributed by atoms with Crippen molar-refractivity contribution in [3.63, 3.8) is 0 Å². The fourth-order valence-electron chi connectivity index (χ4n) is 3.27. The number of para-hydroxylation sites is 1. The molecule has 0 saturated heterocycles. The number of ether oxygens (including phenoxy) is 2. The summed E-state index contributed by atoms with van der Waals surface area (Å²) in [6.07, 6.45) is 2.12. The van der Waals surface area contributed by atoms with Gasteiger partial charge in [-0.2, -0.15) is 0 Å². The second-order valence-electron chi connectivity index (χ2n) is 7.49. The van der Waals surface area contributed by atoms with Crippen LogP contribution in [0.5, 0.6) is 11.5 Å². The summed E-state index contributed by atoms with van der Waals surface area (Å²) in [5.74, 6) is 1.89. The van der Waals surface area contributed by atoms with E-state index < -0.39 is 0 Å². The van der Waals surface area contributed by atoms with Gasteiger partial charge in [-0.3, -0.25) is 0 Å². The topological polar surface area (TPSA) is 30.5 Å². The highest BCUT2D eigenvalue weighted by Crippen LogP contribution is 2.24. The predicted molar refractivity (Wildman–Crippen MR) is 121 cm³/mol. The van der Waals surface area contributed by atoms with E-state index in [4.69, 9.17) is 9.47 Å². The second-order valence-corrected chi connectivity index (χ2v) is 7.49. The Morgan fingerprint density at radius 2 is 1.52 bits per heavy atom. The van der Waals surface area contributed by atoms with Gasteiger partial charge >= 0.3 is 0 Å². The van der Waals surface area contributed by atoms with Crippen molar-refractivity contribution in [1.29, 1.82) is 0 Å². The molecule has 3 rings (SSSR count). The SMILES string of the molecule is Cc1cccc(C)c1OC(C)CNc1ccc(OCCCc2ccccc2)cc1. The molecule has 3 aromatic carbocycles. The predicted octanol–water partition coefficient (Wildman–Crippen LogP) is 6.19. The molecule has 3 aromatic rings. The lowest BCUT2D eigenvalue weighted by Gasteiger charge is -2.19. The lowest BCUT2D eigenvalue weighted by molar-refractivity contribution is 0.231. The van der Waals surface area contributed by atoms with Gasteiger partial charge in [0, 0.05) is 5.69 Å². The molecular formula is C26H31NO2. The van der Waals surface area contributed by atoms with Crippen LogP contribution in [0.25, 0.3) is 0 Å².